The summed E-state index contributed by atoms with van der Waals surface area (Å²) in [6.07, 6.45) is 3.02. The average molecular weight is 499 g/mol. The molecule has 1 saturated heterocycles. The number of ether oxygens (including phenoxy) is 1. The molecule has 1 fully saturated rings. The van der Waals surface area contributed by atoms with Crippen LogP contribution in [0.2, 0.25) is 0 Å². The number of oxazole rings is 1. The first-order valence-corrected chi connectivity index (χ1v) is 12.5. The number of hydrogen-bond donors (Lipinski definition) is 1. The van der Waals surface area contributed by atoms with Crippen LogP contribution in [0.1, 0.15) is 22.7 Å². The zero-order valence-corrected chi connectivity index (χ0v) is 21.0. The molecule has 2 aromatic heterocycles. The number of nitrogens with zero attached hydrogens (tertiary/aromatic N) is 4. The Kier molecular flexibility index (Phi) is 7.16. The first-order chi connectivity index (χ1) is 18.0. The van der Waals surface area contributed by atoms with Crippen LogP contribution in [0, 0.1) is 25.7 Å². The van der Waals surface area contributed by atoms with Crippen molar-refractivity contribution in [3.63, 3.8) is 0 Å². The highest BCUT2D eigenvalue weighted by molar-refractivity contribution is 5.72. The number of aromatic nitrogens is 3. The Morgan fingerprint density at radius 3 is 2.57 bits per heavy atom. The second-order valence-electron chi connectivity index (χ2n) is 9.44. The highest BCUT2D eigenvalue weighted by atomic mass is 16.5. The molecule has 5 rings (SSSR count). The summed E-state index contributed by atoms with van der Waals surface area (Å²) >= 11 is 0. The number of carbonyl (C=O) groups is 1. The van der Waals surface area contributed by atoms with Gasteiger partial charge in [-0.25, -0.2) is 15.0 Å². The normalized spacial score (nSPS) is 17.2. The number of hydrogen-bond acceptors (Lipinski definition) is 7. The predicted molar refractivity (Wildman–Crippen MR) is 140 cm³/mol. The molecule has 2 aromatic carbocycles. The van der Waals surface area contributed by atoms with E-state index in [1.165, 1.54) is 0 Å². The highest BCUT2D eigenvalue weighted by Crippen LogP contribution is 2.30. The Hall–Kier alpha value is -4.20. The number of carboxylic acid groups (broad SMARTS) is 1. The monoisotopic (exact) mass is 498 g/mol. The number of rotatable bonds is 9. The Labute approximate surface area is 216 Å². The standard InChI is InChI=1S/C29H30N4O4/c1-19-12-14-30-29(31-19)33-17-23(25(18-33)28(34)35)16-21-8-10-24(11-9-21)36-15-13-26-20(2)37-27(32-26)22-6-4-3-5-7-22/h3-12,14,23,25H,13,15-18H2,1-2H3,(H,34,35)/t23-,25+/m1/s1. The predicted octanol–water partition coefficient (Wildman–Crippen LogP) is 4.75. The van der Waals surface area contributed by atoms with Crippen molar-refractivity contribution in [1.29, 1.82) is 0 Å². The van der Waals surface area contributed by atoms with E-state index in [9.17, 15) is 9.90 Å². The molecule has 0 unspecified atom stereocenters. The lowest BCUT2D eigenvalue weighted by molar-refractivity contribution is -0.142. The summed E-state index contributed by atoms with van der Waals surface area (Å²) in [6, 6.07) is 19.6. The quantitative estimate of drug-likeness (QED) is 0.353. The third-order valence-electron chi connectivity index (χ3n) is 6.77. The van der Waals surface area contributed by atoms with Gasteiger partial charge in [0.05, 0.1) is 18.2 Å². The molecule has 1 aliphatic heterocycles. The molecule has 8 nitrogen and oxygen atoms in total. The van der Waals surface area contributed by atoms with Gasteiger partial charge in [0.15, 0.2) is 0 Å². The van der Waals surface area contributed by atoms with E-state index in [2.05, 4.69) is 15.0 Å². The minimum Gasteiger partial charge on any atom is -0.493 e. The Balaban J connectivity index is 1.16. The minimum absolute atomic E-state index is 0.0256. The smallest absolute Gasteiger partial charge is 0.308 e. The lowest BCUT2D eigenvalue weighted by Crippen LogP contribution is -2.25. The van der Waals surface area contributed by atoms with Gasteiger partial charge in [0.25, 0.3) is 0 Å². The molecular formula is C29H30N4O4. The molecule has 0 amide bonds. The lowest BCUT2D eigenvalue weighted by Gasteiger charge is -2.16. The van der Waals surface area contributed by atoms with Gasteiger partial charge in [-0.15, -0.1) is 0 Å². The fraction of sp³-hybridized carbons (Fsp3) is 0.310. The maximum absolute atomic E-state index is 11.9. The van der Waals surface area contributed by atoms with E-state index < -0.39 is 11.9 Å². The zero-order chi connectivity index (χ0) is 25.8. The van der Waals surface area contributed by atoms with Gasteiger partial charge in [0.1, 0.15) is 11.5 Å². The Morgan fingerprint density at radius 1 is 1.05 bits per heavy atom. The summed E-state index contributed by atoms with van der Waals surface area (Å²) in [5, 5.41) is 9.80. The van der Waals surface area contributed by atoms with Crippen LogP contribution in [-0.4, -0.2) is 45.7 Å². The summed E-state index contributed by atoms with van der Waals surface area (Å²) in [4.78, 5) is 27.4. The second-order valence-corrected chi connectivity index (χ2v) is 9.44. The molecule has 0 radical (unpaired) electrons. The van der Waals surface area contributed by atoms with Gasteiger partial charge in [-0.3, -0.25) is 4.79 Å². The van der Waals surface area contributed by atoms with Crippen molar-refractivity contribution in [2.24, 2.45) is 11.8 Å². The van der Waals surface area contributed by atoms with Crippen molar-refractivity contribution in [3.8, 4) is 17.2 Å². The average Bonchev–Trinajstić information content (AvgIpc) is 3.49. The van der Waals surface area contributed by atoms with E-state index in [1.807, 2.05) is 79.4 Å². The molecule has 4 aromatic rings. The van der Waals surface area contributed by atoms with Crippen LogP contribution in [0.4, 0.5) is 5.95 Å². The molecule has 3 heterocycles. The van der Waals surface area contributed by atoms with Crippen molar-refractivity contribution in [2.45, 2.75) is 26.7 Å². The topological polar surface area (TPSA) is 102 Å². The zero-order valence-electron chi connectivity index (χ0n) is 21.0. The summed E-state index contributed by atoms with van der Waals surface area (Å²) in [5.74, 6) is 1.51. The molecule has 190 valence electrons. The van der Waals surface area contributed by atoms with E-state index in [4.69, 9.17) is 9.15 Å². The largest absolute Gasteiger partial charge is 0.493 e. The molecule has 0 bridgehead atoms. The van der Waals surface area contributed by atoms with Crippen molar-refractivity contribution in [2.75, 3.05) is 24.6 Å². The number of anilines is 1. The minimum atomic E-state index is -0.779. The van der Waals surface area contributed by atoms with E-state index in [1.54, 1.807) is 6.20 Å². The number of carboxylic acids is 1. The van der Waals surface area contributed by atoms with Crippen LogP contribution in [0.25, 0.3) is 11.5 Å². The summed E-state index contributed by atoms with van der Waals surface area (Å²) in [7, 11) is 0. The second kappa shape index (κ2) is 10.8. The van der Waals surface area contributed by atoms with Gasteiger partial charge < -0.3 is 19.2 Å². The SMILES string of the molecule is Cc1ccnc(N2C[C@@H](Cc3ccc(OCCc4nc(-c5ccccc5)oc4C)cc3)[C@@H](C(=O)O)C2)n1. The van der Waals surface area contributed by atoms with Gasteiger partial charge >= 0.3 is 5.97 Å². The fourth-order valence-electron chi connectivity index (χ4n) is 4.76. The molecule has 1 N–H and O–H groups in total. The van der Waals surface area contributed by atoms with Gasteiger partial charge in [-0.2, -0.15) is 0 Å². The molecular weight excluding hydrogens is 468 g/mol. The van der Waals surface area contributed by atoms with E-state index in [0.717, 1.165) is 34.0 Å². The molecule has 37 heavy (non-hydrogen) atoms. The van der Waals surface area contributed by atoms with Crippen molar-refractivity contribution >= 4 is 11.9 Å². The van der Waals surface area contributed by atoms with E-state index in [-0.39, 0.29) is 5.92 Å². The number of aryl methyl sites for hydroxylation is 2. The molecule has 0 aliphatic carbocycles. The summed E-state index contributed by atoms with van der Waals surface area (Å²) in [5.41, 5.74) is 3.79. The molecule has 8 heteroatoms. The third kappa shape index (κ3) is 5.80. The van der Waals surface area contributed by atoms with Crippen molar-refractivity contribution in [1.82, 2.24) is 15.0 Å². The third-order valence-corrected chi connectivity index (χ3v) is 6.77. The van der Waals surface area contributed by atoms with Crippen LogP contribution < -0.4 is 9.64 Å². The first-order valence-electron chi connectivity index (χ1n) is 12.5. The van der Waals surface area contributed by atoms with Crippen LogP contribution in [0.15, 0.2) is 71.3 Å². The molecule has 0 saturated carbocycles. The Morgan fingerprint density at radius 2 is 1.84 bits per heavy atom. The Bertz CT molecular complexity index is 1350. The van der Waals surface area contributed by atoms with Crippen LogP contribution in [0.3, 0.4) is 0 Å². The molecule has 1 aliphatic rings. The number of aliphatic carboxylic acids is 1. The summed E-state index contributed by atoms with van der Waals surface area (Å²) < 4.78 is 11.8. The van der Waals surface area contributed by atoms with Gasteiger partial charge in [-0.1, -0.05) is 30.3 Å². The van der Waals surface area contributed by atoms with Crippen molar-refractivity contribution in [3.05, 3.63) is 89.6 Å². The van der Waals surface area contributed by atoms with Crippen LogP contribution in [0.5, 0.6) is 5.75 Å². The van der Waals surface area contributed by atoms with Gasteiger partial charge in [0, 0.05) is 37.0 Å². The maximum Gasteiger partial charge on any atom is 0.308 e. The lowest BCUT2D eigenvalue weighted by atomic mass is 9.90. The molecule has 0 spiro atoms. The molecule has 2 atom stereocenters. The fourth-order valence-corrected chi connectivity index (χ4v) is 4.76. The number of benzene rings is 2. The first kappa shape index (κ1) is 24.5. The van der Waals surface area contributed by atoms with Gasteiger partial charge in [-0.05, 0) is 62.1 Å². The summed E-state index contributed by atoms with van der Waals surface area (Å²) in [6.45, 7) is 5.34. The van der Waals surface area contributed by atoms with Crippen LogP contribution in [-0.2, 0) is 17.6 Å². The van der Waals surface area contributed by atoms with E-state index >= 15 is 0 Å². The maximum atomic E-state index is 11.9. The van der Waals surface area contributed by atoms with Gasteiger partial charge in [0.2, 0.25) is 11.8 Å². The highest BCUT2D eigenvalue weighted by Gasteiger charge is 2.38. The van der Waals surface area contributed by atoms with Crippen molar-refractivity contribution < 1.29 is 19.1 Å². The van der Waals surface area contributed by atoms with E-state index in [0.29, 0.717) is 44.4 Å². The van der Waals surface area contributed by atoms with Crippen LogP contribution >= 0.6 is 0 Å².